The van der Waals surface area contributed by atoms with E-state index in [9.17, 15) is 13.2 Å². The van der Waals surface area contributed by atoms with Gasteiger partial charge in [0, 0.05) is 29.4 Å². The fourth-order valence-electron chi connectivity index (χ4n) is 2.84. The number of rotatable bonds is 4. The summed E-state index contributed by atoms with van der Waals surface area (Å²) in [5, 5.41) is 4.42. The van der Waals surface area contributed by atoms with Crippen LogP contribution in [-0.2, 0) is 14.9 Å². The molecule has 136 valence electrons. The number of hydrogen-bond acceptors (Lipinski definition) is 5. The first-order chi connectivity index (χ1) is 12.9. The second-order valence-electron chi connectivity index (χ2n) is 6.00. The van der Waals surface area contributed by atoms with Crippen LogP contribution in [0.5, 0.6) is 5.75 Å². The second-order valence-corrected chi connectivity index (χ2v) is 7.55. The van der Waals surface area contributed by atoms with Crippen molar-refractivity contribution < 1.29 is 21.8 Å². The van der Waals surface area contributed by atoms with Crippen molar-refractivity contribution in [2.75, 3.05) is 5.32 Å². The van der Waals surface area contributed by atoms with E-state index < -0.39 is 10.1 Å². The predicted molar refractivity (Wildman–Crippen MR) is 102 cm³/mol. The van der Waals surface area contributed by atoms with Crippen LogP contribution in [0.15, 0.2) is 76.0 Å². The highest BCUT2D eigenvalue weighted by atomic mass is 32.2. The van der Waals surface area contributed by atoms with Gasteiger partial charge in [0.15, 0.2) is 0 Å². The average Bonchev–Trinajstić information content (AvgIpc) is 2.99. The van der Waals surface area contributed by atoms with Crippen molar-refractivity contribution in [2.45, 2.75) is 11.8 Å². The number of amides is 1. The number of fused-ring (bicyclic) bond motifs is 3. The Hall–Kier alpha value is -3.32. The Morgan fingerprint density at radius 1 is 0.926 bits per heavy atom. The Kier molecular flexibility index (Phi) is 4.08. The van der Waals surface area contributed by atoms with Crippen LogP contribution < -0.4 is 9.50 Å². The van der Waals surface area contributed by atoms with E-state index in [1.54, 1.807) is 18.2 Å². The highest BCUT2D eigenvalue weighted by Gasteiger charge is 2.18. The van der Waals surface area contributed by atoms with Crippen LogP contribution in [0.1, 0.15) is 6.92 Å². The summed E-state index contributed by atoms with van der Waals surface area (Å²) in [5.41, 5.74) is 1.77. The van der Waals surface area contributed by atoms with Crippen LogP contribution in [-0.4, -0.2) is 14.3 Å². The zero-order chi connectivity index (χ0) is 19.0. The van der Waals surface area contributed by atoms with Crippen LogP contribution in [0.3, 0.4) is 0 Å². The van der Waals surface area contributed by atoms with Crippen molar-refractivity contribution in [3.8, 4) is 5.75 Å². The maximum Gasteiger partial charge on any atom is 0.339 e. The third-order valence-electron chi connectivity index (χ3n) is 4.02. The van der Waals surface area contributed by atoms with Crippen molar-refractivity contribution >= 4 is 43.7 Å². The van der Waals surface area contributed by atoms with E-state index in [-0.39, 0.29) is 16.6 Å². The highest BCUT2D eigenvalue weighted by molar-refractivity contribution is 7.87. The van der Waals surface area contributed by atoms with E-state index in [2.05, 4.69) is 5.32 Å². The van der Waals surface area contributed by atoms with E-state index >= 15 is 0 Å². The average molecular weight is 381 g/mol. The normalized spacial score (nSPS) is 11.6. The first-order valence-corrected chi connectivity index (χ1v) is 9.57. The maximum absolute atomic E-state index is 12.5. The first-order valence-electron chi connectivity index (χ1n) is 8.16. The maximum atomic E-state index is 12.5. The van der Waals surface area contributed by atoms with E-state index in [4.69, 9.17) is 8.60 Å². The lowest BCUT2D eigenvalue weighted by molar-refractivity contribution is -0.114. The minimum absolute atomic E-state index is 0.0127. The number of furan rings is 1. The molecule has 4 aromatic rings. The number of benzene rings is 3. The minimum atomic E-state index is -4.01. The van der Waals surface area contributed by atoms with Gasteiger partial charge in [0.1, 0.15) is 21.8 Å². The summed E-state index contributed by atoms with van der Waals surface area (Å²) >= 11 is 0. The van der Waals surface area contributed by atoms with Crippen LogP contribution >= 0.6 is 0 Å². The second kappa shape index (κ2) is 6.44. The Bertz CT molecular complexity index is 1260. The van der Waals surface area contributed by atoms with Gasteiger partial charge < -0.3 is 13.9 Å². The van der Waals surface area contributed by atoms with Crippen molar-refractivity contribution in [2.24, 2.45) is 0 Å². The molecule has 0 fully saturated rings. The molecule has 0 aliphatic heterocycles. The van der Waals surface area contributed by atoms with E-state index in [0.29, 0.717) is 11.3 Å². The molecule has 0 saturated heterocycles. The van der Waals surface area contributed by atoms with Crippen molar-refractivity contribution in [3.63, 3.8) is 0 Å². The van der Waals surface area contributed by atoms with Crippen LogP contribution in [0.2, 0.25) is 0 Å². The zero-order valence-electron chi connectivity index (χ0n) is 14.3. The van der Waals surface area contributed by atoms with Gasteiger partial charge in [-0.05, 0) is 42.5 Å². The van der Waals surface area contributed by atoms with Gasteiger partial charge in [-0.1, -0.05) is 18.2 Å². The largest absolute Gasteiger partial charge is 0.456 e. The van der Waals surface area contributed by atoms with Crippen molar-refractivity contribution in [1.82, 2.24) is 0 Å². The lowest BCUT2D eigenvalue weighted by Gasteiger charge is -2.08. The summed E-state index contributed by atoms with van der Waals surface area (Å²) < 4.78 is 36.0. The molecule has 1 N–H and O–H groups in total. The van der Waals surface area contributed by atoms with E-state index in [0.717, 1.165) is 16.4 Å². The Morgan fingerprint density at radius 2 is 1.63 bits per heavy atom. The monoisotopic (exact) mass is 381 g/mol. The SMILES string of the molecule is CC(=O)Nc1ccc(S(=O)(=O)Oc2ccc3c(c2)oc2ccccc23)cc1. The van der Waals surface area contributed by atoms with Crippen molar-refractivity contribution in [3.05, 3.63) is 66.7 Å². The van der Waals surface area contributed by atoms with Gasteiger partial charge in [-0.3, -0.25) is 4.79 Å². The van der Waals surface area contributed by atoms with Crippen LogP contribution in [0.25, 0.3) is 21.9 Å². The summed E-state index contributed by atoms with van der Waals surface area (Å²) in [7, 11) is -4.01. The lowest BCUT2D eigenvalue weighted by Crippen LogP contribution is -2.10. The molecule has 0 atom stereocenters. The number of nitrogens with one attached hydrogen (secondary N) is 1. The van der Waals surface area contributed by atoms with E-state index in [1.807, 2.05) is 24.3 Å². The fourth-order valence-corrected chi connectivity index (χ4v) is 3.76. The molecule has 1 amide bonds. The summed E-state index contributed by atoms with van der Waals surface area (Å²) in [6.45, 7) is 1.38. The predicted octanol–water partition coefficient (Wildman–Crippen LogP) is 4.31. The molecule has 27 heavy (non-hydrogen) atoms. The van der Waals surface area contributed by atoms with Gasteiger partial charge in [-0.15, -0.1) is 0 Å². The fraction of sp³-hybridized carbons (Fsp3) is 0.0500. The highest BCUT2D eigenvalue weighted by Crippen LogP contribution is 2.32. The molecule has 1 heterocycles. The third kappa shape index (κ3) is 3.37. The Labute approximate surface area is 155 Å². The summed E-state index contributed by atoms with van der Waals surface area (Å²) in [5.74, 6) is -0.0755. The molecule has 0 saturated carbocycles. The number of carbonyl (C=O) groups is 1. The molecule has 4 rings (SSSR count). The van der Waals surface area contributed by atoms with Gasteiger partial charge in [0.2, 0.25) is 5.91 Å². The summed E-state index contributed by atoms with van der Waals surface area (Å²) in [6.07, 6.45) is 0. The van der Waals surface area contributed by atoms with E-state index in [1.165, 1.54) is 31.2 Å². The van der Waals surface area contributed by atoms with Gasteiger partial charge in [0.05, 0.1) is 0 Å². The van der Waals surface area contributed by atoms with Gasteiger partial charge in [0.25, 0.3) is 0 Å². The van der Waals surface area contributed by atoms with Crippen molar-refractivity contribution in [1.29, 1.82) is 0 Å². The van der Waals surface area contributed by atoms with Gasteiger partial charge in [-0.25, -0.2) is 0 Å². The molecule has 0 bridgehead atoms. The third-order valence-corrected chi connectivity index (χ3v) is 5.28. The van der Waals surface area contributed by atoms with Crippen LogP contribution in [0.4, 0.5) is 5.69 Å². The molecule has 1 aromatic heterocycles. The molecule has 0 aliphatic rings. The molecule has 3 aromatic carbocycles. The topological polar surface area (TPSA) is 85.6 Å². The smallest absolute Gasteiger partial charge is 0.339 e. The summed E-state index contributed by atoms with van der Waals surface area (Å²) in [4.78, 5) is 11.0. The molecular weight excluding hydrogens is 366 g/mol. The minimum Gasteiger partial charge on any atom is -0.456 e. The molecule has 0 aliphatic carbocycles. The number of carbonyl (C=O) groups excluding carboxylic acids is 1. The molecule has 7 heteroatoms. The van der Waals surface area contributed by atoms with Gasteiger partial charge >= 0.3 is 10.1 Å². The molecular formula is C20H15NO5S. The summed E-state index contributed by atoms with van der Waals surface area (Å²) in [6, 6.07) is 18.2. The number of para-hydroxylation sites is 1. The molecule has 6 nitrogen and oxygen atoms in total. The Balaban J connectivity index is 1.63. The van der Waals surface area contributed by atoms with Crippen LogP contribution in [0, 0.1) is 0 Å². The number of hydrogen-bond donors (Lipinski definition) is 1. The molecule has 0 unspecified atom stereocenters. The van der Waals surface area contributed by atoms with Gasteiger partial charge in [-0.2, -0.15) is 8.42 Å². The molecule has 0 spiro atoms. The number of anilines is 1. The zero-order valence-corrected chi connectivity index (χ0v) is 15.1. The first kappa shape index (κ1) is 17.1. The molecule has 0 radical (unpaired) electrons. The quantitative estimate of drug-likeness (QED) is 0.532. The Morgan fingerprint density at radius 3 is 2.37 bits per heavy atom. The lowest BCUT2D eigenvalue weighted by atomic mass is 10.1. The standard InChI is InChI=1S/C20H15NO5S/c1-13(22)21-14-6-9-16(10-7-14)27(23,24)26-15-8-11-18-17-4-2-3-5-19(17)25-20(18)12-15/h2-12H,1H3,(H,21,22).